The van der Waals surface area contributed by atoms with E-state index >= 15 is 0 Å². The predicted octanol–water partition coefficient (Wildman–Crippen LogP) is 2.70. The third kappa shape index (κ3) is 2.19. The van der Waals surface area contributed by atoms with Gasteiger partial charge in [0.05, 0.1) is 5.69 Å². The van der Waals surface area contributed by atoms with Gasteiger partial charge in [0.2, 0.25) is 0 Å². The summed E-state index contributed by atoms with van der Waals surface area (Å²) >= 11 is 0. The van der Waals surface area contributed by atoms with E-state index in [-0.39, 0.29) is 11.9 Å². The summed E-state index contributed by atoms with van der Waals surface area (Å²) in [5.41, 5.74) is 1.71. The van der Waals surface area contributed by atoms with Crippen molar-refractivity contribution in [1.82, 2.24) is 5.32 Å². The van der Waals surface area contributed by atoms with Crippen LogP contribution in [0.2, 0.25) is 0 Å². The van der Waals surface area contributed by atoms with Crippen LogP contribution in [0.4, 0.5) is 10.1 Å². The molecule has 0 radical (unpaired) electrons. The standard InChI is InChI=1S/C13H19FN2/c1-9(15-2)10-4-7-13(12(14)8-10)16(3)11-5-6-11/h4,7-9,11,15H,5-6H2,1-3H3. The molecule has 1 atom stereocenters. The van der Waals surface area contributed by atoms with Crippen LogP contribution < -0.4 is 10.2 Å². The maximum absolute atomic E-state index is 13.9. The monoisotopic (exact) mass is 222 g/mol. The van der Waals surface area contributed by atoms with Crippen LogP contribution in [-0.2, 0) is 0 Å². The van der Waals surface area contributed by atoms with Crippen molar-refractivity contribution in [3.05, 3.63) is 29.6 Å². The molecule has 1 fully saturated rings. The van der Waals surface area contributed by atoms with Crippen LogP contribution in [0, 0.1) is 5.82 Å². The summed E-state index contributed by atoms with van der Waals surface area (Å²) in [6.07, 6.45) is 2.37. The molecule has 1 aromatic rings. The average molecular weight is 222 g/mol. The van der Waals surface area contributed by atoms with Crippen molar-refractivity contribution in [2.75, 3.05) is 19.0 Å². The van der Waals surface area contributed by atoms with Gasteiger partial charge in [-0.15, -0.1) is 0 Å². The average Bonchev–Trinajstić information content (AvgIpc) is 3.10. The fourth-order valence-corrected chi connectivity index (χ4v) is 1.90. The molecule has 0 bridgehead atoms. The van der Waals surface area contributed by atoms with E-state index in [0.717, 1.165) is 11.3 Å². The summed E-state index contributed by atoms with van der Waals surface area (Å²) in [6.45, 7) is 2.03. The summed E-state index contributed by atoms with van der Waals surface area (Å²) < 4.78 is 13.9. The van der Waals surface area contributed by atoms with E-state index in [4.69, 9.17) is 0 Å². The molecule has 1 aliphatic carbocycles. The van der Waals surface area contributed by atoms with E-state index in [2.05, 4.69) is 5.32 Å². The molecule has 2 nitrogen and oxygen atoms in total. The van der Waals surface area contributed by atoms with E-state index in [1.54, 1.807) is 6.07 Å². The fraction of sp³-hybridized carbons (Fsp3) is 0.538. The van der Waals surface area contributed by atoms with E-state index in [1.165, 1.54) is 12.8 Å². The van der Waals surface area contributed by atoms with Crippen LogP contribution >= 0.6 is 0 Å². The lowest BCUT2D eigenvalue weighted by molar-refractivity contribution is 0.604. The second-order valence-corrected chi connectivity index (χ2v) is 4.56. The number of nitrogens with one attached hydrogen (secondary N) is 1. The van der Waals surface area contributed by atoms with Crippen LogP contribution in [0.3, 0.4) is 0 Å². The minimum Gasteiger partial charge on any atom is -0.369 e. The molecule has 3 heteroatoms. The Morgan fingerprint density at radius 3 is 2.62 bits per heavy atom. The molecule has 1 unspecified atom stereocenters. The Morgan fingerprint density at radius 2 is 2.12 bits per heavy atom. The highest BCUT2D eigenvalue weighted by molar-refractivity contribution is 5.50. The van der Waals surface area contributed by atoms with Gasteiger partial charge < -0.3 is 10.2 Å². The Kier molecular flexibility index (Phi) is 3.15. The summed E-state index contributed by atoms with van der Waals surface area (Å²) in [7, 11) is 3.85. The minimum atomic E-state index is -0.117. The molecule has 1 N–H and O–H groups in total. The molecule has 0 amide bonds. The zero-order valence-electron chi connectivity index (χ0n) is 10.1. The Labute approximate surface area is 96.5 Å². The molecule has 16 heavy (non-hydrogen) atoms. The molecule has 2 rings (SSSR count). The van der Waals surface area contributed by atoms with E-state index in [9.17, 15) is 4.39 Å². The van der Waals surface area contributed by atoms with Gasteiger partial charge in [-0.25, -0.2) is 4.39 Å². The molecule has 1 aliphatic rings. The number of benzene rings is 1. The van der Waals surface area contributed by atoms with Crippen molar-refractivity contribution in [3.63, 3.8) is 0 Å². The Morgan fingerprint density at radius 1 is 1.44 bits per heavy atom. The highest BCUT2D eigenvalue weighted by atomic mass is 19.1. The first-order chi connectivity index (χ1) is 7.63. The Balaban J connectivity index is 2.21. The molecule has 0 heterocycles. The first kappa shape index (κ1) is 11.4. The lowest BCUT2D eigenvalue weighted by atomic mass is 10.1. The van der Waals surface area contributed by atoms with Crippen molar-refractivity contribution >= 4 is 5.69 Å². The van der Waals surface area contributed by atoms with Crippen LogP contribution in [-0.4, -0.2) is 20.1 Å². The molecular weight excluding hydrogens is 203 g/mol. The van der Waals surface area contributed by atoms with Gasteiger partial charge in [0.25, 0.3) is 0 Å². The second-order valence-electron chi connectivity index (χ2n) is 4.56. The van der Waals surface area contributed by atoms with Gasteiger partial charge in [0, 0.05) is 19.1 Å². The van der Waals surface area contributed by atoms with E-state index in [1.807, 2.05) is 38.1 Å². The second kappa shape index (κ2) is 4.42. The van der Waals surface area contributed by atoms with Gasteiger partial charge in [-0.05, 0) is 44.5 Å². The predicted molar refractivity (Wildman–Crippen MR) is 65.3 cm³/mol. The number of rotatable bonds is 4. The number of nitrogens with zero attached hydrogens (tertiary/aromatic N) is 1. The Bertz CT molecular complexity index is 374. The van der Waals surface area contributed by atoms with Gasteiger partial charge in [0.1, 0.15) is 5.82 Å². The SMILES string of the molecule is CNC(C)c1ccc(N(C)C2CC2)c(F)c1. The van der Waals surface area contributed by atoms with Crippen molar-refractivity contribution in [2.45, 2.75) is 31.8 Å². The molecule has 0 aromatic heterocycles. The van der Waals surface area contributed by atoms with E-state index < -0.39 is 0 Å². The topological polar surface area (TPSA) is 15.3 Å². The highest BCUT2D eigenvalue weighted by Gasteiger charge is 2.27. The third-order valence-corrected chi connectivity index (χ3v) is 3.38. The van der Waals surface area contributed by atoms with Gasteiger partial charge in [0.15, 0.2) is 0 Å². The summed E-state index contributed by atoms with van der Waals surface area (Å²) in [5.74, 6) is -0.117. The molecular formula is C13H19FN2. The molecule has 0 spiro atoms. The van der Waals surface area contributed by atoms with Crippen LogP contribution in [0.15, 0.2) is 18.2 Å². The highest BCUT2D eigenvalue weighted by Crippen LogP contribution is 2.32. The van der Waals surface area contributed by atoms with Crippen LogP contribution in [0.25, 0.3) is 0 Å². The molecule has 0 saturated heterocycles. The third-order valence-electron chi connectivity index (χ3n) is 3.38. The number of hydrogen-bond acceptors (Lipinski definition) is 2. The number of anilines is 1. The lowest BCUT2D eigenvalue weighted by Gasteiger charge is -2.20. The van der Waals surface area contributed by atoms with Crippen LogP contribution in [0.5, 0.6) is 0 Å². The van der Waals surface area contributed by atoms with Gasteiger partial charge in [-0.3, -0.25) is 0 Å². The normalized spacial score (nSPS) is 17.2. The fourth-order valence-electron chi connectivity index (χ4n) is 1.90. The zero-order chi connectivity index (χ0) is 11.7. The summed E-state index contributed by atoms with van der Waals surface area (Å²) in [6, 6.07) is 6.25. The van der Waals surface area contributed by atoms with Crippen molar-refractivity contribution < 1.29 is 4.39 Å². The van der Waals surface area contributed by atoms with E-state index in [0.29, 0.717) is 6.04 Å². The molecule has 1 aromatic carbocycles. The smallest absolute Gasteiger partial charge is 0.146 e. The van der Waals surface area contributed by atoms with Crippen LogP contribution in [0.1, 0.15) is 31.4 Å². The maximum Gasteiger partial charge on any atom is 0.146 e. The molecule has 1 saturated carbocycles. The first-order valence-corrected chi connectivity index (χ1v) is 5.83. The quantitative estimate of drug-likeness (QED) is 0.842. The number of halogens is 1. The zero-order valence-corrected chi connectivity index (χ0v) is 10.1. The summed E-state index contributed by atoms with van der Waals surface area (Å²) in [4.78, 5) is 2.04. The van der Waals surface area contributed by atoms with Crippen molar-refractivity contribution in [3.8, 4) is 0 Å². The minimum absolute atomic E-state index is 0.117. The number of hydrogen-bond donors (Lipinski definition) is 1. The molecule has 88 valence electrons. The molecule has 0 aliphatic heterocycles. The van der Waals surface area contributed by atoms with Crippen molar-refractivity contribution in [2.24, 2.45) is 0 Å². The first-order valence-electron chi connectivity index (χ1n) is 5.83. The Hall–Kier alpha value is -1.09. The van der Waals surface area contributed by atoms with Gasteiger partial charge in [-0.1, -0.05) is 6.07 Å². The van der Waals surface area contributed by atoms with Crippen molar-refractivity contribution in [1.29, 1.82) is 0 Å². The maximum atomic E-state index is 13.9. The largest absolute Gasteiger partial charge is 0.369 e. The summed E-state index contributed by atoms with van der Waals surface area (Å²) in [5, 5.41) is 3.11. The lowest BCUT2D eigenvalue weighted by Crippen LogP contribution is -2.21. The van der Waals surface area contributed by atoms with Gasteiger partial charge in [-0.2, -0.15) is 0 Å². The van der Waals surface area contributed by atoms with Gasteiger partial charge >= 0.3 is 0 Å².